The van der Waals surface area contributed by atoms with Crippen molar-refractivity contribution in [3.8, 4) is 6.07 Å². The van der Waals surface area contributed by atoms with Gasteiger partial charge in [-0.1, -0.05) is 19.3 Å². The van der Waals surface area contributed by atoms with Gasteiger partial charge in [-0.2, -0.15) is 20.2 Å². The molecule has 0 radical (unpaired) electrons. The van der Waals surface area contributed by atoms with Crippen LogP contribution in [0.3, 0.4) is 0 Å². The first-order valence-electron chi connectivity index (χ1n) is 6.67. The summed E-state index contributed by atoms with van der Waals surface area (Å²) in [7, 11) is 1.63. The molecule has 1 aromatic heterocycles. The molecule has 0 saturated heterocycles. The molecule has 1 aliphatic rings. The molecule has 0 atom stereocenters. The van der Waals surface area contributed by atoms with E-state index in [-0.39, 0.29) is 17.2 Å². The highest BCUT2D eigenvalue weighted by Gasteiger charge is 2.33. The van der Waals surface area contributed by atoms with Gasteiger partial charge in [0.1, 0.15) is 5.54 Å². The summed E-state index contributed by atoms with van der Waals surface area (Å²) in [6.45, 7) is 0. The Morgan fingerprint density at radius 3 is 2.52 bits per heavy atom. The highest BCUT2D eigenvalue weighted by Crippen LogP contribution is 2.27. The molecule has 0 unspecified atom stereocenters. The van der Waals surface area contributed by atoms with E-state index in [0.29, 0.717) is 12.8 Å². The maximum atomic E-state index is 12.0. The smallest absolute Gasteiger partial charge is 0.322 e. The molecule has 1 heterocycles. The first-order valence-corrected chi connectivity index (χ1v) is 7.04. The standard InChI is InChI=1S/C12H16ClN7O/c1-15-9-16-8(13)17-10(18-9)19-11(21)20-12(7-14)5-3-2-4-6-12/h2-6H2,1H3,(H3,15,16,17,18,19,20,21). The van der Waals surface area contributed by atoms with Crippen LogP contribution in [-0.2, 0) is 0 Å². The number of hydrogen-bond acceptors (Lipinski definition) is 6. The van der Waals surface area contributed by atoms with E-state index < -0.39 is 11.6 Å². The molecular formula is C12H16ClN7O. The zero-order valence-corrected chi connectivity index (χ0v) is 12.4. The third-order valence-electron chi connectivity index (χ3n) is 3.33. The van der Waals surface area contributed by atoms with Crippen LogP contribution in [-0.4, -0.2) is 33.6 Å². The lowest BCUT2D eigenvalue weighted by atomic mass is 9.83. The molecule has 112 valence electrons. The second kappa shape index (κ2) is 6.54. The summed E-state index contributed by atoms with van der Waals surface area (Å²) in [5.41, 5.74) is -0.814. The van der Waals surface area contributed by atoms with Gasteiger partial charge < -0.3 is 10.6 Å². The quantitative estimate of drug-likeness (QED) is 0.785. The molecule has 0 bridgehead atoms. The lowest BCUT2D eigenvalue weighted by Gasteiger charge is -2.31. The SMILES string of the molecule is CNc1nc(Cl)nc(NC(=O)NC2(C#N)CCCCC2)n1. The van der Waals surface area contributed by atoms with E-state index in [0.717, 1.165) is 19.3 Å². The molecule has 0 spiro atoms. The molecule has 1 aromatic rings. The van der Waals surface area contributed by atoms with Crippen LogP contribution in [0.2, 0.25) is 5.28 Å². The molecule has 21 heavy (non-hydrogen) atoms. The number of amides is 2. The normalized spacial score (nSPS) is 16.6. The number of halogens is 1. The third-order valence-corrected chi connectivity index (χ3v) is 3.50. The minimum absolute atomic E-state index is 0.0285. The van der Waals surface area contributed by atoms with Gasteiger partial charge in [0.2, 0.25) is 17.2 Å². The number of nitrogens with zero attached hydrogens (tertiary/aromatic N) is 4. The van der Waals surface area contributed by atoms with Crippen molar-refractivity contribution in [2.24, 2.45) is 0 Å². The van der Waals surface area contributed by atoms with E-state index in [1.165, 1.54) is 0 Å². The zero-order valence-electron chi connectivity index (χ0n) is 11.6. The van der Waals surface area contributed by atoms with Gasteiger partial charge in [-0.3, -0.25) is 5.32 Å². The van der Waals surface area contributed by atoms with Crippen molar-refractivity contribution in [3.05, 3.63) is 5.28 Å². The number of aromatic nitrogens is 3. The summed E-state index contributed by atoms with van der Waals surface area (Å²) < 4.78 is 0. The molecule has 1 aliphatic carbocycles. The number of carbonyl (C=O) groups excluding carboxylic acids is 1. The van der Waals surface area contributed by atoms with Crippen molar-refractivity contribution in [2.75, 3.05) is 17.7 Å². The zero-order chi connectivity index (χ0) is 15.3. The van der Waals surface area contributed by atoms with E-state index in [2.05, 4.69) is 37.0 Å². The van der Waals surface area contributed by atoms with Crippen LogP contribution in [0.15, 0.2) is 0 Å². The topological polar surface area (TPSA) is 116 Å². The second-order valence-electron chi connectivity index (χ2n) is 4.84. The molecule has 1 fully saturated rings. The average Bonchev–Trinajstić information content (AvgIpc) is 2.47. The monoisotopic (exact) mass is 309 g/mol. The number of rotatable bonds is 3. The van der Waals surface area contributed by atoms with E-state index in [4.69, 9.17) is 11.6 Å². The van der Waals surface area contributed by atoms with Gasteiger partial charge >= 0.3 is 6.03 Å². The molecule has 3 N–H and O–H groups in total. The first kappa shape index (κ1) is 15.3. The Hall–Kier alpha value is -2.14. The lowest BCUT2D eigenvalue weighted by Crippen LogP contribution is -2.50. The number of nitriles is 1. The highest BCUT2D eigenvalue weighted by atomic mass is 35.5. The average molecular weight is 310 g/mol. The third kappa shape index (κ3) is 3.92. The second-order valence-corrected chi connectivity index (χ2v) is 5.17. The summed E-state index contributed by atoms with van der Waals surface area (Å²) in [6.07, 6.45) is 4.24. The van der Waals surface area contributed by atoms with Crippen molar-refractivity contribution < 1.29 is 4.79 Å². The number of urea groups is 1. The molecule has 0 aromatic carbocycles. The van der Waals surface area contributed by atoms with Gasteiger partial charge in [-0.05, 0) is 24.4 Å². The van der Waals surface area contributed by atoms with E-state index in [1.807, 2.05) is 0 Å². The summed E-state index contributed by atoms with van der Waals surface area (Å²) >= 11 is 5.73. The van der Waals surface area contributed by atoms with Crippen LogP contribution in [0.25, 0.3) is 0 Å². The van der Waals surface area contributed by atoms with Gasteiger partial charge in [0, 0.05) is 7.05 Å². The summed E-state index contributed by atoms with van der Waals surface area (Å²) in [5, 5.41) is 17.2. The summed E-state index contributed by atoms with van der Waals surface area (Å²) in [5.74, 6) is 0.277. The Bertz CT molecular complexity index is 565. The highest BCUT2D eigenvalue weighted by molar-refractivity contribution is 6.28. The van der Waals surface area contributed by atoms with E-state index in [9.17, 15) is 10.1 Å². The van der Waals surface area contributed by atoms with Crippen molar-refractivity contribution >= 4 is 29.5 Å². The van der Waals surface area contributed by atoms with Gasteiger partial charge in [0.15, 0.2) is 0 Å². The lowest BCUT2D eigenvalue weighted by molar-refractivity contribution is 0.233. The Kier molecular flexibility index (Phi) is 4.75. The minimum atomic E-state index is -0.814. The summed E-state index contributed by atoms with van der Waals surface area (Å²) in [6, 6.07) is 1.68. The van der Waals surface area contributed by atoms with Crippen molar-refractivity contribution in [3.63, 3.8) is 0 Å². The molecule has 9 heteroatoms. The number of nitrogens with one attached hydrogen (secondary N) is 3. The molecule has 2 rings (SSSR count). The predicted molar refractivity (Wildman–Crippen MR) is 78.0 cm³/mol. The first-order chi connectivity index (χ1) is 10.1. The van der Waals surface area contributed by atoms with Crippen LogP contribution < -0.4 is 16.0 Å². The number of carbonyl (C=O) groups is 1. The molecule has 2 amide bonds. The number of anilines is 2. The Morgan fingerprint density at radius 2 is 1.90 bits per heavy atom. The van der Waals surface area contributed by atoms with E-state index >= 15 is 0 Å². The fraction of sp³-hybridized carbons (Fsp3) is 0.583. The predicted octanol–water partition coefficient (Wildman–Crippen LogP) is 1.91. The minimum Gasteiger partial charge on any atom is -0.357 e. The van der Waals surface area contributed by atoms with E-state index in [1.54, 1.807) is 7.05 Å². The van der Waals surface area contributed by atoms with Gasteiger partial charge in [-0.15, -0.1) is 0 Å². The fourth-order valence-corrected chi connectivity index (χ4v) is 2.45. The van der Waals surface area contributed by atoms with Crippen LogP contribution >= 0.6 is 11.6 Å². The molecular weight excluding hydrogens is 294 g/mol. The Morgan fingerprint density at radius 1 is 1.24 bits per heavy atom. The Balaban J connectivity index is 2.04. The summed E-state index contributed by atoms with van der Waals surface area (Å²) in [4.78, 5) is 23.6. The van der Waals surface area contributed by atoms with Crippen LogP contribution in [0.5, 0.6) is 0 Å². The number of hydrogen-bond donors (Lipinski definition) is 3. The molecule has 1 saturated carbocycles. The molecule has 8 nitrogen and oxygen atoms in total. The largest absolute Gasteiger partial charge is 0.357 e. The fourth-order valence-electron chi connectivity index (χ4n) is 2.29. The van der Waals surface area contributed by atoms with Gasteiger partial charge in [0.25, 0.3) is 0 Å². The Labute approximate surface area is 127 Å². The van der Waals surface area contributed by atoms with Crippen LogP contribution in [0.4, 0.5) is 16.7 Å². The van der Waals surface area contributed by atoms with Crippen LogP contribution in [0.1, 0.15) is 32.1 Å². The maximum absolute atomic E-state index is 12.0. The van der Waals surface area contributed by atoms with Crippen LogP contribution in [0, 0.1) is 11.3 Å². The van der Waals surface area contributed by atoms with Crippen molar-refractivity contribution in [2.45, 2.75) is 37.6 Å². The van der Waals surface area contributed by atoms with Crippen molar-refractivity contribution in [1.29, 1.82) is 5.26 Å². The van der Waals surface area contributed by atoms with Crippen molar-refractivity contribution in [1.82, 2.24) is 20.3 Å². The molecule has 0 aliphatic heterocycles. The van der Waals surface area contributed by atoms with Gasteiger partial charge in [-0.25, -0.2) is 4.79 Å². The van der Waals surface area contributed by atoms with Gasteiger partial charge in [0.05, 0.1) is 6.07 Å². The maximum Gasteiger partial charge on any atom is 0.322 e.